The Morgan fingerprint density at radius 1 is 1.00 bits per heavy atom. The molecule has 24 heavy (non-hydrogen) atoms. The summed E-state index contributed by atoms with van der Waals surface area (Å²) in [4.78, 5) is 0. The lowest BCUT2D eigenvalue weighted by molar-refractivity contribution is -0.629. The molecule has 2 aromatic carbocycles. The maximum atomic E-state index is 12.2. The van der Waals surface area contributed by atoms with Crippen LogP contribution in [0, 0.1) is 10.4 Å². The van der Waals surface area contributed by atoms with Gasteiger partial charge in [0.25, 0.3) is 17.2 Å². The van der Waals surface area contributed by atoms with Crippen molar-refractivity contribution in [1.82, 2.24) is 0 Å². The number of phenols is 1. The minimum atomic E-state index is 0.0548. The molecule has 0 aliphatic heterocycles. The van der Waals surface area contributed by atoms with Gasteiger partial charge in [-0.25, -0.2) is 0 Å². The zero-order valence-corrected chi connectivity index (χ0v) is 13.8. The number of hydrogen-bond donors (Lipinski definition) is 1. The predicted molar refractivity (Wildman–Crippen MR) is 92.9 cm³/mol. The van der Waals surface area contributed by atoms with Crippen LogP contribution in [-0.4, -0.2) is 17.5 Å². The van der Waals surface area contributed by atoms with E-state index in [0.29, 0.717) is 15.0 Å². The average molecular weight is 387 g/mol. The molecule has 3 aromatic rings. The summed E-state index contributed by atoms with van der Waals surface area (Å²) >= 11 is 3.29. The van der Waals surface area contributed by atoms with E-state index in [2.05, 4.69) is 26.1 Å². The molecule has 0 saturated heterocycles. The molecular formula is C16H11BrN4O3. The van der Waals surface area contributed by atoms with Gasteiger partial charge in [0.2, 0.25) is 0 Å². The lowest BCUT2D eigenvalue weighted by Crippen LogP contribution is -2.41. The third kappa shape index (κ3) is 3.18. The van der Waals surface area contributed by atoms with Crippen LogP contribution in [0.1, 0.15) is 11.3 Å². The molecule has 0 fully saturated rings. The number of para-hydroxylation sites is 2. The zero-order chi connectivity index (χ0) is 17.1. The fraction of sp³-hybridized carbons (Fsp3) is 0. The largest absolute Gasteiger partial charge is 0.618 e. The van der Waals surface area contributed by atoms with Crippen LogP contribution in [0.5, 0.6) is 5.75 Å². The molecule has 0 aliphatic carbocycles. The fourth-order valence-corrected chi connectivity index (χ4v) is 2.48. The Labute approximate surface area is 145 Å². The van der Waals surface area contributed by atoms with Gasteiger partial charge in [0.05, 0.1) is 6.21 Å². The molecular weight excluding hydrogens is 376 g/mol. The number of hydrogen-bond acceptors (Lipinski definition) is 5. The molecule has 120 valence electrons. The first-order valence-electron chi connectivity index (χ1n) is 6.85. The molecule has 0 saturated carbocycles. The van der Waals surface area contributed by atoms with Gasteiger partial charge in [-0.05, 0) is 18.2 Å². The van der Waals surface area contributed by atoms with Crippen LogP contribution in [0.4, 0.5) is 0 Å². The van der Waals surface area contributed by atoms with E-state index in [-0.39, 0.29) is 22.5 Å². The molecule has 1 aromatic heterocycles. The van der Waals surface area contributed by atoms with Crippen LogP contribution < -0.4 is 9.46 Å². The number of benzene rings is 2. The molecule has 0 spiro atoms. The molecule has 0 amide bonds. The van der Waals surface area contributed by atoms with Crippen molar-refractivity contribution in [2.45, 2.75) is 0 Å². The number of phenolic OH excluding ortho intramolecular Hbond substituents is 1. The van der Waals surface area contributed by atoms with Crippen LogP contribution in [0.25, 0.3) is 11.0 Å². The van der Waals surface area contributed by atoms with Crippen molar-refractivity contribution in [2.75, 3.05) is 0 Å². The Morgan fingerprint density at radius 2 is 1.71 bits per heavy atom. The zero-order valence-electron chi connectivity index (χ0n) is 12.2. The van der Waals surface area contributed by atoms with E-state index in [1.54, 1.807) is 36.4 Å². The van der Waals surface area contributed by atoms with Crippen molar-refractivity contribution in [3.8, 4) is 5.75 Å². The van der Waals surface area contributed by atoms with E-state index in [9.17, 15) is 15.5 Å². The maximum Gasteiger partial charge on any atom is 0.302 e. The smallest absolute Gasteiger partial charge is 0.302 e. The summed E-state index contributed by atoms with van der Waals surface area (Å²) in [5.41, 5.74) is 1.03. The first-order valence-corrected chi connectivity index (χ1v) is 7.65. The van der Waals surface area contributed by atoms with Crippen LogP contribution in [0.3, 0.4) is 0 Å². The second-order valence-corrected chi connectivity index (χ2v) is 5.77. The van der Waals surface area contributed by atoms with Gasteiger partial charge in [0.15, 0.2) is 0 Å². The van der Waals surface area contributed by atoms with Gasteiger partial charge >= 0.3 is 5.69 Å². The standard InChI is InChI=1S/C16H11BrN4O3/c17-12-5-6-16(22)11(7-12)8-18-19-9-13-10-20(23)14-3-1-2-4-15(14)21(13)24/h1-10,22H/b18-8-,19-9-. The number of halogens is 1. The third-order valence-corrected chi connectivity index (χ3v) is 3.76. The topological polar surface area (TPSA) is 98.8 Å². The predicted octanol–water partition coefficient (Wildman–Crippen LogP) is 2.03. The van der Waals surface area contributed by atoms with Gasteiger partial charge in [0, 0.05) is 22.2 Å². The molecule has 3 rings (SSSR count). The van der Waals surface area contributed by atoms with Crippen molar-refractivity contribution in [3.05, 3.63) is 74.8 Å². The second kappa shape index (κ2) is 6.63. The van der Waals surface area contributed by atoms with E-state index in [1.807, 2.05) is 0 Å². The van der Waals surface area contributed by atoms with E-state index >= 15 is 0 Å². The van der Waals surface area contributed by atoms with Crippen molar-refractivity contribution < 1.29 is 14.6 Å². The van der Waals surface area contributed by atoms with Gasteiger partial charge in [0.1, 0.15) is 12.0 Å². The van der Waals surface area contributed by atoms with Crippen LogP contribution in [0.15, 0.2) is 63.3 Å². The Kier molecular flexibility index (Phi) is 4.39. The van der Waals surface area contributed by atoms with E-state index < -0.39 is 0 Å². The molecule has 0 unspecified atom stereocenters. The molecule has 8 heteroatoms. The van der Waals surface area contributed by atoms with E-state index in [1.165, 1.54) is 18.5 Å². The molecule has 0 atom stereocenters. The Hall–Kier alpha value is -3.00. The van der Waals surface area contributed by atoms with Crippen LogP contribution >= 0.6 is 15.9 Å². The summed E-state index contributed by atoms with van der Waals surface area (Å²) in [7, 11) is 0. The molecule has 1 heterocycles. The molecule has 7 nitrogen and oxygen atoms in total. The number of aromatic hydroxyl groups is 1. The first-order chi connectivity index (χ1) is 11.6. The van der Waals surface area contributed by atoms with Crippen molar-refractivity contribution >= 4 is 39.4 Å². The Balaban J connectivity index is 1.90. The Morgan fingerprint density at radius 3 is 2.50 bits per heavy atom. The van der Waals surface area contributed by atoms with E-state index in [4.69, 9.17) is 0 Å². The lowest BCUT2D eigenvalue weighted by atomic mass is 10.2. The van der Waals surface area contributed by atoms with Gasteiger partial charge in [-0.3, -0.25) is 0 Å². The highest BCUT2D eigenvalue weighted by atomic mass is 79.9. The molecule has 1 N–H and O–H groups in total. The summed E-state index contributed by atoms with van der Waals surface area (Å²) in [6.45, 7) is 0. The molecule has 0 aliphatic rings. The fourth-order valence-electron chi connectivity index (χ4n) is 2.11. The minimum Gasteiger partial charge on any atom is -0.618 e. The maximum absolute atomic E-state index is 12.2. The van der Waals surface area contributed by atoms with Gasteiger partial charge in [-0.15, -0.1) is 0 Å². The minimum absolute atomic E-state index is 0.0548. The highest BCUT2D eigenvalue weighted by Gasteiger charge is 2.16. The first kappa shape index (κ1) is 15.9. The van der Waals surface area contributed by atoms with Gasteiger partial charge in [-0.2, -0.15) is 19.7 Å². The third-order valence-electron chi connectivity index (χ3n) is 3.27. The van der Waals surface area contributed by atoms with Crippen molar-refractivity contribution in [1.29, 1.82) is 0 Å². The van der Waals surface area contributed by atoms with E-state index in [0.717, 1.165) is 10.7 Å². The van der Waals surface area contributed by atoms with Crippen LogP contribution in [0.2, 0.25) is 0 Å². The van der Waals surface area contributed by atoms with Gasteiger partial charge in [-0.1, -0.05) is 28.1 Å². The summed E-state index contributed by atoms with van der Waals surface area (Å²) in [5.74, 6) is 0.0548. The Bertz CT molecular complexity index is 973. The molecule has 0 bridgehead atoms. The monoisotopic (exact) mass is 386 g/mol. The van der Waals surface area contributed by atoms with Crippen molar-refractivity contribution in [2.24, 2.45) is 10.2 Å². The molecule has 0 radical (unpaired) electrons. The number of aromatic nitrogens is 2. The number of rotatable bonds is 3. The summed E-state index contributed by atoms with van der Waals surface area (Å²) in [6, 6.07) is 11.3. The van der Waals surface area contributed by atoms with Crippen LogP contribution in [-0.2, 0) is 0 Å². The van der Waals surface area contributed by atoms with Crippen molar-refractivity contribution in [3.63, 3.8) is 0 Å². The lowest BCUT2D eigenvalue weighted by Gasteiger charge is -2.04. The summed E-state index contributed by atoms with van der Waals surface area (Å²) in [5, 5.41) is 41.4. The van der Waals surface area contributed by atoms with Gasteiger partial charge < -0.3 is 15.5 Å². The second-order valence-electron chi connectivity index (χ2n) is 4.86. The summed E-state index contributed by atoms with van der Waals surface area (Å²) < 4.78 is 2.00. The number of fused-ring (bicyclic) bond motifs is 1. The highest BCUT2D eigenvalue weighted by molar-refractivity contribution is 9.10. The highest BCUT2D eigenvalue weighted by Crippen LogP contribution is 2.20. The summed E-state index contributed by atoms with van der Waals surface area (Å²) in [6.07, 6.45) is 3.66. The quantitative estimate of drug-likeness (QED) is 0.322. The average Bonchev–Trinajstić information content (AvgIpc) is 2.59. The normalized spacial score (nSPS) is 11.7. The SMILES string of the molecule is [O-][n+]1cc(/C=N\N=C/c2cc(Br)ccc2O)[n+]([O-])c2ccccc21. The number of nitrogens with zero attached hydrogens (tertiary/aromatic N) is 4.